The van der Waals surface area contributed by atoms with Gasteiger partial charge >= 0.3 is 11.9 Å². The average Bonchev–Trinajstić information content (AvgIpc) is 3.11. The molecule has 0 spiro atoms. The zero-order chi connectivity index (χ0) is 16.5. The van der Waals surface area contributed by atoms with Crippen molar-refractivity contribution in [2.45, 2.75) is 45.3 Å². The van der Waals surface area contributed by atoms with Crippen molar-refractivity contribution < 1.29 is 23.5 Å². The highest BCUT2D eigenvalue weighted by atomic mass is 28.4. The van der Waals surface area contributed by atoms with E-state index in [-0.39, 0.29) is 5.04 Å². The fourth-order valence-electron chi connectivity index (χ4n) is 1.91. The second kappa shape index (κ2) is 5.92. The lowest BCUT2D eigenvalue weighted by molar-refractivity contribution is -0.159. The molecule has 0 N–H and O–H groups in total. The number of carbonyl (C=O) groups is 2. The Morgan fingerprint density at radius 2 is 1.62 bits per heavy atom. The summed E-state index contributed by atoms with van der Waals surface area (Å²) in [5, 5.41) is 0.132. The van der Waals surface area contributed by atoms with Gasteiger partial charge in [-0.2, -0.15) is 0 Å². The van der Waals surface area contributed by atoms with Crippen molar-refractivity contribution >= 4 is 20.3 Å². The average molecular weight is 314 g/mol. The summed E-state index contributed by atoms with van der Waals surface area (Å²) in [5.41, 5.74) is -0.583. The zero-order valence-corrected chi connectivity index (χ0v) is 15.0. The topological polar surface area (TPSA) is 61.8 Å². The molecule has 1 rings (SSSR count). The van der Waals surface area contributed by atoms with Crippen molar-refractivity contribution in [3.8, 4) is 0 Å². The van der Waals surface area contributed by atoms with E-state index in [0.29, 0.717) is 13.0 Å². The van der Waals surface area contributed by atoms with E-state index in [1.807, 2.05) is 0 Å². The van der Waals surface area contributed by atoms with E-state index < -0.39 is 25.7 Å². The molecule has 0 radical (unpaired) electrons. The van der Waals surface area contributed by atoms with E-state index in [2.05, 4.69) is 33.9 Å². The summed E-state index contributed by atoms with van der Waals surface area (Å²) in [6.45, 7) is 11.3. The molecule has 5 nitrogen and oxygen atoms in total. The Balaban J connectivity index is 2.61. The zero-order valence-electron chi connectivity index (χ0n) is 14.0. The molecular weight excluding hydrogens is 288 g/mol. The van der Waals surface area contributed by atoms with Gasteiger partial charge in [-0.25, -0.2) is 0 Å². The quantitative estimate of drug-likeness (QED) is 0.326. The van der Waals surface area contributed by atoms with Crippen LogP contribution in [0.4, 0.5) is 0 Å². The van der Waals surface area contributed by atoms with Crippen molar-refractivity contribution in [1.82, 2.24) is 0 Å². The van der Waals surface area contributed by atoms with E-state index in [4.69, 9.17) is 13.9 Å². The van der Waals surface area contributed by atoms with E-state index in [9.17, 15) is 9.59 Å². The largest absolute Gasteiger partial charge is 0.468 e. The first-order valence-corrected chi connectivity index (χ1v) is 9.96. The van der Waals surface area contributed by atoms with Crippen molar-refractivity contribution in [3.05, 3.63) is 11.6 Å². The first kappa shape index (κ1) is 17.9. The van der Waals surface area contributed by atoms with Gasteiger partial charge in [-0.05, 0) is 30.1 Å². The molecule has 0 aliphatic heterocycles. The van der Waals surface area contributed by atoms with Crippen LogP contribution in [0.25, 0.3) is 0 Å². The lowest BCUT2D eigenvalue weighted by atomic mass is 9.99. The molecule has 0 bridgehead atoms. The van der Waals surface area contributed by atoms with Gasteiger partial charge in [0.2, 0.25) is 5.41 Å². The molecule has 0 fully saturated rings. The number of rotatable bonds is 6. The highest BCUT2D eigenvalue weighted by Gasteiger charge is 2.59. The molecule has 0 unspecified atom stereocenters. The third-order valence-corrected chi connectivity index (χ3v) is 9.01. The summed E-state index contributed by atoms with van der Waals surface area (Å²) in [6, 6.07) is 0. The van der Waals surface area contributed by atoms with Crippen LogP contribution in [-0.2, 0) is 23.5 Å². The van der Waals surface area contributed by atoms with Crippen LogP contribution in [-0.4, -0.2) is 41.1 Å². The first-order valence-electron chi connectivity index (χ1n) is 7.06. The number of methoxy groups -OCH3 is 2. The maximum atomic E-state index is 11.8. The Hall–Kier alpha value is -1.14. The minimum atomic E-state index is -1.82. The summed E-state index contributed by atoms with van der Waals surface area (Å²) in [6.07, 6.45) is 2.15. The molecule has 0 saturated carbocycles. The molecule has 1 aliphatic rings. The molecule has 21 heavy (non-hydrogen) atoms. The van der Waals surface area contributed by atoms with Crippen LogP contribution >= 0.6 is 0 Å². The predicted molar refractivity (Wildman–Crippen MR) is 82.3 cm³/mol. The molecule has 0 aromatic heterocycles. The van der Waals surface area contributed by atoms with Gasteiger partial charge in [0.15, 0.2) is 8.32 Å². The van der Waals surface area contributed by atoms with Gasteiger partial charge in [-0.1, -0.05) is 26.8 Å². The fraction of sp³-hybridized carbons (Fsp3) is 0.733. The van der Waals surface area contributed by atoms with Crippen LogP contribution in [0.5, 0.6) is 0 Å². The van der Waals surface area contributed by atoms with Crippen molar-refractivity contribution in [2.75, 3.05) is 20.8 Å². The van der Waals surface area contributed by atoms with Crippen LogP contribution in [0.2, 0.25) is 18.1 Å². The monoisotopic (exact) mass is 314 g/mol. The second-order valence-corrected chi connectivity index (χ2v) is 11.6. The highest BCUT2D eigenvalue weighted by molar-refractivity contribution is 6.74. The van der Waals surface area contributed by atoms with E-state index in [0.717, 1.165) is 5.57 Å². The molecule has 0 heterocycles. The Kier molecular flexibility index (Phi) is 5.05. The molecule has 0 atom stereocenters. The molecule has 120 valence electrons. The maximum absolute atomic E-state index is 11.8. The van der Waals surface area contributed by atoms with Gasteiger partial charge in [0, 0.05) is 6.61 Å². The molecule has 0 saturated heterocycles. The lowest BCUT2D eigenvalue weighted by Crippen LogP contribution is -2.41. The van der Waals surface area contributed by atoms with Crippen molar-refractivity contribution in [1.29, 1.82) is 0 Å². The number of hydrogen-bond donors (Lipinski definition) is 0. The molecule has 6 heteroatoms. The summed E-state index contributed by atoms with van der Waals surface area (Å²) in [7, 11) is 0.713. The van der Waals surface area contributed by atoms with Gasteiger partial charge < -0.3 is 13.9 Å². The van der Waals surface area contributed by atoms with Crippen LogP contribution in [0.1, 0.15) is 27.2 Å². The SMILES string of the molecule is COC(=O)C1(C(=O)OC)C=C1CCO[Si](C)(C)C(C)(C)C. The predicted octanol–water partition coefficient (Wildman–Crippen LogP) is 2.67. The van der Waals surface area contributed by atoms with Crippen LogP contribution < -0.4 is 0 Å². The Labute approximate surface area is 127 Å². The Morgan fingerprint density at radius 3 is 2.00 bits per heavy atom. The van der Waals surface area contributed by atoms with Crippen molar-refractivity contribution in [2.24, 2.45) is 5.41 Å². The summed E-state index contributed by atoms with van der Waals surface area (Å²) in [4.78, 5) is 23.6. The van der Waals surface area contributed by atoms with Crippen LogP contribution in [0.15, 0.2) is 11.6 Å². The maximum Gasteiger partial charge on any atom is 0.331 e. The summed E-state index contributed by atoms with van der Waals surface area (Å²) >= 11 is 0. The number of carbonyl (C=O) groups excluding carboxylic acids is 2. The molecule has 1 aliphatic carbocycles. The second-order valence-electron chi connectivity index (χ2n) is 6.82. The van der Waals surface area contributed by atoms with Crippen LogP contribution in [0.3, 0.4) is 0 Å². The van der Waals surface area contributed by atoms with Gasteiger partial charge in [0.05, 0.1) is 14.2 Å². The molecule has 0 aromatic rings. The lowest BCUT2D eigenvalue weighted by Gasteiger charge is -2.36. The Bertz CT molecular complexity index is 443. The van der Waals surface area contributed by atoms with E-state index in [1.165, 1.54) is 14.2 Å². The van der Waals surface area contributed by atoms with Crippen LogP contribution in [0, 0.1) is 5.41 Å². The normalized spacial score (nSPS) is 17.0. The number of esters is 2. The first-order chi connectivity index (χ1) is 9.53. The van der Waals surface area contributed by atoms with Gasteiger partial charge in [-0.15, -0.1) is 0 Å². The third-order valence-electron chi connectivity index (χ3n) is 4.47. The molecule has 0 amide bonds. The standard InChI is InChI=1S/C15H26O5Si/c1-14(2,3)21(6,7)20-9-8-11-10-15(11,12(16)18-4)13(17)19-5/h10H,8-9H2,1-7H3. The highest BCUT2D eigenvalue weighted by Crippen LogP contribution is 2.48. The van der Waals surface area contributed by atoms with E-state index in [1.54, 1.807) is 6.08 Å². The fourth-order valence-corrected chi connectivity index (χ4v) is 2.96. The minimum absolute atomic E-state index is 0.132. The number of hydrogen-bond acceptors (Lipinski definition) is 5. The third kappa shape index (κ3) is 3.37. The summed E-state index contributed by atoms with van der Waals surface area (Å²) < 4.78 is 15.5. The van der Waals surface area contributed by atoms with Crippen molar-refractivity contribution in [3.63, 3.8) is 0 Å². The van der Waals surface area contributed by atoms with Gasteiger partial charge in [-0.3, -0.25) is 9.59 Å². The number of ether oxygens (including phenoxy) is 2. The van der Waals surface area contributed by atoms with Gasteiger partial charge in [0.25, 0.3) is 0 Å². The smallest absolute Gasteiger partial charge is 0.331 e. The summed E-state index contributed by atoms with van der Waals surface area (Å²) in [5.74, 6) is -1.17. The molecule has 0 aromatic carbocycles. The van der Waals surface area contributed by atoms with E-state index >= 15 is 0 Å². The molecular formula is C15H26O5Si. The minimum Gasteiger partial charge on any atom is -0.468 e. The Morgan fingerprint density at radius 1 is 1.14 bits per heavy atom. The van der Waals surface area contributed by atoms with Gasteiger partial charge in [0.1, 0.15) is 0 Å².